The molecule has 1 saturated heterocycles. The van der Waals surface area contributed by atoms with Crippen molar-refractivity contribution < 1.29 is 8.42 Å². The molecule has 0 saturated carbocycles. The van der Waals surface area contributed by atoms with Gasteiger partial charge in [-0.2, -0.15) is 4.31 Å². The molecule has 1 fully saturated rings. The molecule has 3 nitrogen and oxygen atoms in total. The van der Waals surface area contributed by atoms with Gasteiger partial charge in [-0.15, -0.1) is 0 Å². The van der Waals surface area contributed by atoms with Crippen molar-refractivity contribution in [3.05, 3.63) is 108 Å². The van der Waals surface area contributed by atoms with Crippen molar-refractivity contribution in [3.8, 4) is 0 Å². The molecule has 5 rings (SSSR count). The standard InChI is InChI=1S/C27H27NO2S/c1-20-14-16-23(17-15-20)31(29,30)28-18-8-13-24-26(28)19-25(21-9-4-2-5-10-21)27(24)22-11-6-3-7-12-22/h2-7,9-12,14-17,19,24,26-27H,8,13,18H2,1H3/t24-,26-,27+/m0/s1. The van der Waals surface area contributed by atoms with Gasteiger partial charge in [-0.3, -0.25) is 0 Å². The first-order valence-electron chi connectivity index (χ1n) is 11.0. The lowest BCUT2D eigenvalue weighted by Gasteiger charge is -2.38. The second-order valence-corrected chi connectivity index (χ2v) is 10.5. The van der Waals surface area contributed by atoms with Crippen LogP contribution in [0.2, 0.25) is 0 Å². The molecule has 0 unspecified atom stereocenters. The summed E-state index contributed by atoms with van der Waals surface area (Å²) in [6, 6.07) is 28.1. The van der Waals surface area contributed by atoms with Crippen LogP contribution < -0.4 is 0 Å². The quantitative estimate of drug-likeness (QED) is 0.538. The van der Waals surface area contributed by atoms with Crippen LogP contribution in [-0.2, 0) is 10.0 Å². The molecule has 0 radical (unpaired) electrons. The van der Waals surface area contributed by atoms with Gasteiger partial charge < -0.3 is 0 Å². The number of fused-ring (bicyclic) bond motifs is 1. The first-order chi connectivity index (χ1) is 15.1. The lowest BCUT2D eigenvalue weighted by molar-refractivity contribution is 0.212. The highest BCUT2D eigenvalue weighted by atomic mass is 32.2. The predicted octanol–water partition coefficient (Wildman–Crippen LogP) is 5.65. The molecule has 1 aliphatic heterocycles. The fourth-order valence-electron chi connectivity index (χ4n) is 5.22. The second-order valence-electron chi connectivity index (χ2n) is 8.60. The lowest BCUT2D eigenvalue weighted by Crippen LogP contribution is -2.46. The molecule has 3 atom stereocenters. The van der Waals surface area contributed by atoms with Gasteiger partial charge in [0.05, 0.1) is 4.90 Å². The number of aryl methyl sites for hydroxylation is 1. The summed E-state index contributed by atoms with van der Waals surface area (Å²) in [6.07, 6.45) is 4.13. The van der Waals surface area contributed by atoms with Crippen molar-refractivity contribution in [3.63, 3.8) is 0 Å². The molecule has 31 heavy (non-hydrogen) atoms. The highest BCUT2D eigenvalue weighted by Gasteiger charge is 2.46. The van der Waals surface area contributed by atoms with E-state index in [1.54, 1.807) is 16.4 Å². The van der Waals surface area contributed by atoms with E-state index in [0.29, 0.717) is 11.4 Å². The zero-order valence-electron chi connectivity index (χ0n) is 17.7. The molecule has 1 heterocycles. The van der Waals surface area contributed by atoms with E-state index in [1.807, 2.05) is 31.2 Å². The maximum atomic E-state index is 13.6. The zero-order chi connectivity index (χ0) is 21.4. The topological polar surface area (TPSA) is 37.4 Å². The Hall–Kier alpha value is -2.69. The Morgan fingerprint density at radius 1 is 0.839 bits per heavy atom. The molecular weight excluding hydrogens is 402 g/mol. The summed E-state index contributed by atoms with van der Waals surface area (Å²) in [5.41, 5.74) is 4.75. The number of nitrogens with zero attached hydrogens (tertiary/aromatic N) is 1. The fraction of sp³-hybridized carbons (Fsp3) is 0.259. The van der Waals surface area contributed by atoms with Crippen molar-refractivity contribution in [2.45, 2.75) is 36.6 Å². The Labute approximate surface area is 185 Å². The maximum absolute atomic E-state index is 13.6. The fourth-order valence-corrected chi connectivity index (χ4v) is 6.88. The van der Waals surface area contributed by atoms with Crippen LogP contribution in [0.4, 0.5) is 0 Å². The maximum Gasteiger partial charge on any atom is 0.243 e. The third-order valence-corrected chi connectivity index (χ3v) is 8.61. The highest BCUT2D eigenvalue weighted by molar-refractivity contribution is 7.89. The summed E-state index contributed by atoms with van der Waals surface area (Å²) in [6.45, 7) is 2.54. The number of sulfonamides is 1. The summed E-state index contributed by atoms with van der Waals surface area (Å²) in [5, 5.41) is 0. The smallest absolute Gasteiger partial charge is 0.207 e. The summed E-state index contributed by atoms with van der Waals surface area (Å²) >= 11 is 0. The minimum absolute atomic E-state index is 0.125. The molecule has 4 heteroatoms. The summed E-state index contributed by atoms with van der Waals surface area (Å²) < 4.78 is 29.0. The van der Waals surface area contributed by atoms with E-state index in [-0.39, 0.29) is 17.9 Å². The van der Waals surface area contributed by atoms with Gasteiger partial charge in [-0.25, -0.2) is 8.42 Å². The van der Waals surface area contributed by atoms with Crippen LogP contribution in [0.3, 0.4) is 0 Å². The molecule has 0 bridgehead atoms. The Balaban J connectivity index is 1.60. The van der Waals surface area contributed by atoms with Gasteiger partial charge in [0.1, 0.15) is 0 Å². The minimum Gasteiger partial charge on any atom is -0.207 e. The van der Waals surface area contributed by atoms with E-state index < -0.39 is 10.0 Å². The monoisotopic (exact) mass is 429 g/mol. The van der Waals surface area contributed by atoms with Gasteiger partial charge in [0.2, 0.25) is 10.0 Å². The third-order valence-electron chi connectivity index (χ3n) is 6.69. The number of benzene rings is 3. The van der Waals surface area contributed by atoms with Gasteiger partial charge in [0.15, 0.2) is 0 Å². The predicted molar refractivity (Wildman–Crippen MR) is 125 cm³/mol. The number of piperidine rings is 1. The Bertz CT molecular complexity index is 1190. The van der Waals surface area contributed by atoms with Crippen LogP contribution in [0, 0.1) is 12.8 Å². The number of hydrogen-bond donors (Lipinski definition) is 0. The van der Waals surface area contributed by atoms with Gasteiger partial charge >= 0.3 is 0 Å². The van der Waals surface area contributed by atoms with E-state index >= 15 is 0 Å². The SMILES string of the molecule is Cc1ccc(S(=O)(=O)N2CCC[C@@H]3[C@@H](c4ccccc4)C(c4ccccc4)=C[C@@H]32)cc1. The molecule has 0 aromatic heterocycles. The molecule has 2 aliphatic rings. The van der Waals surface area contributed by atoms with Crippen molar-refractivity contribution in [1.82, 2.24) is 4.31 Å². The first-order valence-corrected chi connectivity index (χ1v) is 12.4. The number of hydrogen-bond acceptors (Lipinski definition) is 2. The minimum atomic E-state index is -3.56. The Morgan fingerprint density at radius 2 is 1.48 bits per heavy atom. The first kappa shape index (κ1) is 20.2. The largest absolute Gasteiger partial charge is 0.243 e. The van der Waals surface area contributed by atoms with Crippen LogP contribution in [0.15, 0.2) is 95.9 Å². The van der Waals surface area contributed by atoms with Crippen molar-refractivity contribution >= 4 is 15.6 Å². The van der Waals surface area contributed by atoms with Crippen LogP contribution in [-0.4, -0.2) is 25.3 Å². The molecule has 1 aliphatic carbocycles. The lowest BCUT2D eigenvalue weighted by atomic mass is 9.78. The van der Waals surface area contributed by atoms with Crippen molar-refractivity contribution in [2.24, 2.45) is 5.92 Å². The average molecular weight is 430 g/mol. The summed E-state index contributed by atoms with van der Waals surface area (Å²) in [4.78, 5) is 0.386. The molecule has 3 aromatic carbocycles. The number of rotatable bonds is 4. The summed E-state index contributed by atoms with van der Waals surface area (Å²) in [7, 11) is -3.56. The van der Waals surface area contributed by atoms with Crippen LogP contribution in [0.5, 0.6) is 0 Å². The van der Waals surface area contributed by atoms with E-state index in [1.165, 1.54) is 16.7 Å². The van der Waals surface area contributed by atoms with Gasteiger partial charge in [0.25, 0.3) is 0 Å². The second kappa shape index (κ2) is 8.10. The van der Waals surface area contributed by atoms with Gasteiger partial charge in [0, 0.05) is 18.5 Å². The highest BCUT2D eigenvalue weighted by Crippen LogP contribution is 2.51. The molecule has 3 aromatic rings. The van der Waals surface area contributed by atoms with Crippen LogP contribution >= 0.6 is 0 Å². The Morgan fingerprint density at radius 3 is 2.16 bits per heavy atom. The molecule has 0 amide bonds. The van der Waals surface area contributed by atoms with E-state index in [9.17, 15) is 8.42 Å². The number of allylic oxidation sites excluding steroid dienone is 1. The molecule has 158 valence electrons. The Kier molecular flexibility index (Phi) is 5.28. The van der Waals surface area contributed by atoms with Crippen molar-refractivity contribution in [1.29, 1.82) is 0 Å². The van der Waals surface area contributed by atoms with Crippen molar-refractivity contribution in [2.75, 3.05) is 6.54 Å². The molecular formula is C27H27NO2S. The van der Waals surface area contributed by atoms with E-state index in [4.69, 9.17) is 0 Å². The zero-order valence-corrected chi connectivity index (χ0v) is 18.5. The van der Waals surface area contributed by atoms with Crippen LogP contribution in [0.25, 0.3) is 5.57 Å². The van der Waals surface area contributed by atoms with E-state index in [0.717, 1.165) is 18.4 Å². The molecule has 0 N–H and O–H groups in total. The van der Waals surface area contributed by atoms with Gasteiger partial charge in [-0.1, -0.05) is 84.4 Å². The summed E-state index contributed by atoms with van der Waals surface area (Å²) in [5.74, 6) is 0.441. The molecule has 0 spiro atoms. The van der Waals surface area contributed by atoms with Gasteiger partial charge in [-0.05, 0) is 54.5 Å². The normalized spacial score (nSPS) is 23.9. The van der Waals surface area contributed by atoms with E-state index in [2.05, 4.69) is 54.6 Å². The average Bonchev–Trinajstić information content (AvgIpc) is 3.20. The third kappa shape index (κ3) is 3.64. The van der Waals surface area contributed by atoms with Crippen LogP contribution in [0.1, 0.15) is 35.4 Å².